The highest BCUT2D eigenvalue weighted by Gasteiger charge is 2.12. The lowest BCUT2D eigenvalue weighted by Gasteiger charge is -2.07. The first-order chi connectivity index (χ1) is 8.13. The minimum Gasteiger partial charge on any atom is -0.203 e. The summed E-state index contributed by atoms with van der Waals surface area (Å²) >= 11 is 0. The topological polar surface area (TPSA) is 0 Å². The van der Waals surface area contributed by atoms with Gasteiger partial charge in [-0.15, -0.1) is 0 Å². The van der Waals surface area contributed by atoms with Gasteiger partial charge in [0.1, 0.15) is 0 Å². The number of aryl methyl sites for hydroxylation is 1. The fourth-order valence-electron chi connectivity index (χ4n) is 1.79. The molecule has 0 saturated carbocycles. The van der Waals surface area contributed by atoms with E-state index in [0.29, 0.717) is 11.1 Å². The molecule has 0 radical (unpaired) electrons. The lowest BCUT2D eigenvalue weighted by molar-refractivity contribution is 0.505. The normalized spacial score (nSPS) is 10.8. The number of hydrogen-bond donors (Lipinski definition) is 0. The molecule has 2 aromatic rings. The van der Waals surface area contributed by atoms with E-state index in [0.717, 1.165) is 21.9 Å². The van der Waals surface area contributed by atoms with Gasteiger partial charge in [0, 0.05) is 15.8 Å². The molecule has 0 nitrogen and oxygen atoms in total. The van der Waals surface area contributed by atoms with Crippen molar-refractivity contribution in [1.29, 1.82) is 0 Å². The lowest BCUT2D eigenvalue weighted by atomic mass is 10.0. The van der Waals surface area contributed by atoms with Crippen molar-refractivity contribution in [2.75, 3.05) is 0 Å². The SMILES string of the molecule is Cc1ccc(-c2ccc(C[SiH3])cc2)c(F)c1F. The highest BCUT2D eigenvalue weighted by Crippen LogP contribution is 2.26. The van der Waals surface area contributed by atoms with Crippen molar-refractivity contribution in [3.8, 4) is 11.1 Å². The molecule has 17 heavy (non-hydrogen) atoms. The number of rotatable bonds is 2. The van der Waals surface area contributed by atoms with Gasteiger partial charge in [-0.3, -0.25) is 0 Å². The molecular weight excluding hydrogens is 234 g/mol. The van der Waals surface area contributed by atoms with E-state index in [1.807, 2.05) is 24.3 Å². The number of halogens is 2. The highest BCUT2D eigenvalue weighted by atomic mass is 28.1. The summed E-state index contributed by atoms with van der Waals surface area (Å²) in [6, 6.07) is 11.9. The van der Waals surface area contributed by atoms with Crippen LogP contribution in [0.4, 0.5) is 8.78 Å². The zero-order valence-corrected chi connectivity index (χ0v) is 11.9. The van der Waals surface area contributed by atoms with E-state index >= 15 is 0 Å². The Hall–Kier alpha value is -1.48. The van der Waals surface area contributed by atoms with Gasteiger partial charge in [0.2, 0.25) is 0 Å². The van der Waals surface area contributed by atoms with Gasteiger partial charge in [-0.2, -0.15) is 0 Å². The summed E-state index contributed by atoms with van der Waals surface area (Å²) in [4.78, 5) is 0. The number of benzene rings is 2. The molecule has 0 unspecified atom stereocenters. The van der Waals surface area contributed by atoms with Crippen LogP contribution in [0.2, 0.25) is 0 Å². The molecule has 0 bridgehead atoms. The fourth-order valence-corrected chi connectivity index (χ4v) is 2.26. The molecule has 3 heteroatoms. The molecule has 0 N–H and O–H groups in total. The van der Waals surface area contributed by atoms with E-state index in [9.17, 15) is 8.78 Å². The monoisotopic (exact) mass is 248 g/mol. The van der Waals surface area contributed by atoms with Crippen molar-refractivity contribution in [2.24, 2.45) is 0 Å². The molecule has 2 rings (SSSR count). The summed E-state index contributed by atoms with van der Waals surface area (Å²) in [6.45, 7) is 1.56. The Morgan fingerprint density at radius 2 is 1.59 bits per heavy atom. The maximum absolute atomic E-state index is 13.8. The Balaban J connectivity index is 2.49. The minimum atomic E-state index is -0.761. The van der Waals surface area contributed by atoms with Gasteiger partial charge < -0.3 is 0 Å². The third-order valence-electron chi connectivity index (χ3n) is 2.95. The van der Waals surface area contributed by atoms with Crippen LogP contribution < -0.4 is 0 Å². The van der Waals surface area contributed by atoms with Crippen LogP contribution in [-0.2, 0) is 6.04 Å². The summed E-state index contributed by atoms with van der Waals surface area (Å²) in [6.07, 6.45) is 0. The van der Waals surface area contributed by atoms with Gasteiger partial charge in [0.15, 0.2) is 11.6 Å². The second-order valence-corrected chi connectivity index (χ2v) is 4.82. The van der Waals surface area contributed by atoms with E-state index < -0.39 is 11.6 Å². The largest absolute Gasteiger partial charge is 0.203 e. The molecular formula is C14H14F2Si. The summed E-state index contributed by atoms with van der Waals surface area (Å²) in [5, 5.41) is 0. The summed E-state index contributed by atoms with van der Waals surface area (Å²) in [5.74, 6) is -1.52. The Kier molecular flexibility index (Phi) is 3.38. The molecule has 0 atom stereocenters. The number of hydrogen-bond acceptors (Lipinski definition) is 0. The highest BCUT2D eigenvalue weighted by molar-refractivity contribution is 6.08. The second-order valence-electron chi connectivity index (χ2n) is 4.11. The first-order valence-electron chi connectivity index (χ1n) is 5.67. The van der Waals surface area contributed by atoms with Crippen molar-refractivity contribution in [2.45, 2.75) is 13.0 Å². The maximum atomic E-state index is 13.8. The van der Waals surface area contributed by atoms with Crippen LogP contribution in [-0.4, -0.2) is 10.2 Å². The predicted molar refractivity (Wildman–Crippen MR) is 70.2 cm³/mol. The van der Waals surface area contributed by atoms with Crippen LogP contribution in [0.25, 0.3) is 11.1 Å². The maximum Gasteiger partial charge on any atom is 0.166 e. The van der Waals surface area contributed by atoms with E-state index in [2.05, 4.69) is 0 Å². The second kappa shape index (κ2) is 4.80. The van der Waals surface area contributed by atoms with Gasteiger partial charge in [0.25, 0.3) is 0 Å². The molecule has 0 aliphatic rings. The van der Waals surface area contributed by atoms with Gasteiger partial charge >= 0.3 is 0 Å². The van der Waals surface area contributed by atoms with E-state index in [1.54, 1.807) is 19.1 Å². The van der Waals surface area contributed by atoms with Crippen LogP contribution >= 0.6 is 0 Å². The van der Waals surface area contributed by atoms with Crippen molar-refractivity contribution in [3.63, 3.8) is 0 Å². The van der Waals surface area contributed by atoms with Crippen LogP contribution in [0.5, 0.6) is 0 Å². The van der Waals surface area contributed by atoms with Crippen molar-refractivity contribution >= 4 is 10.2 Å². The first kappa shape index (κ1) is 12.0. The molecule has 0 aliphatic heterocycles. The zero-order chi connectivity index (χ0) is 12.4. The molecule has 0 saturated heterocycles. The third kappa shape index (κ3) is 2.29. The summed E-state index contributed by atoms with van der Waals surface area (Å²) in [7, 11) is 1.11. The summed E-state index contributed by atoms with van der Waals surface area (Å²) in [5.41, 5.74) is 2.63. The quantitative estimate of drug-likeness (QED) is 0.717. The summed E-state index contributed by atoms with van der Waals surface area (Å²) < 4.78 is 27.2. The predicted octanol–water partition coefficient (Wildman–Crippen LogP) is 2.81. The van der Waals surface area contributed by atoms with Gasteiger partial charge in [0.05, 0.1) is 0 Å². The van der Waals surface area contributed by atoms with Gasteiger partial charge in [-0.05, 0) is 24.1 Å². The van der Waals surface area contributed by atoms with Crippen LogP contribution in [0.3, 0.4) is 0 Å². The Labute approximate surface area is 103 Å². The standard InChI is InChI=1S/C14H14F2Si/c1-9-2-7-12(14(16)13(9)15)11-5-3-10(8-17)4-6-11/h2-7H,8H2,1,17H3. The molecule has 0 fully saturated rings. The van der Waals surface area contributed by atoms with E-state index in [-0.39, 0.29) is 0 Å². The lowest BCUT2D eigenvalue weighted by Crippen LogP contribution is -1.93. The molecule has 0 amide bonds. The van der Waals surface area contributed by atoms with Gasteiger partial charge in [-0.25, -0.2) is 8.78 Å². The average molecular weight is 248 g/mol. The zero-order valence-electron chi connectivity index (χ0n) is 9.93. The molecule has 2 aromatic carbocycles. The van der Waals surface area contributed by atoms with Crippen LogP contribution in [0.1, 0.15) is 11.1 Å². The molecule has 0 aliphatic carbocycles. The smallest absolute Gasteiger partial charge is 0.166 e. The Bertz CT molecular complexity index is 533. The van der Waals surface area contributed by atoms with Crippen molar-refractivity contribution in [3.05, 3.63) is 59.2 Å². The average Bonchev–Trinajstić information content (AvgIpc) is 2.36. The van der Waals surface area contributed by atoms with E-state index in [1.165, 1.54) is 5.56 Å². The van der Waals surface area contributed by atoms with Crippen molar-refractivity contribution in [1.82, 2.24) is 0 Å². The Morgan fingerprint density at radius 1 is 0.941 bits per heavy atom. The molecule has 0 heterocycles. The minimum absolute atomic E-state index is 0.327. The van der Waals surface area contributed by atoms with Crippen molar-refractivity contribution < 1.29 is 8.78 Å². The molecule has 88 valence electrons. The molecule has 0 aromatic heterocycles. The van der Waals surface area contributed by atoms with Crippen LogP contribution in [0, 0.1) is 18.6 Å². The van der Waals surface area contributed by atoms with E-state index in [4.69, 9.17) is 0 Å². The first-order valence-corrected chi connectivity index (χ1v) is 7.08. The fraction of sp³-hybridized carbons (Fsp3) is 0.143. The Morgan fingerprint density at radius 3 is 2.18 bits per heavy atom. The third-order valence-corrected chi connectivity index (χ3v) is 3.77. The van der Waals surface area contributed by atoms with Gasteiger partial charge in [-0.1, -0.05) is 42.0 Å². The van der Waals surface area contributed by atoms with Crippen LogP contribution in [0.15, 0.2) is 36.4 Å². The molecule has 0 spiro atoms.